The maximum atomic E-state index is 4.86. The monoisotopic (exact) mass is 208 g/mol. The molecule has 0 fully saturated rings. The summed E-state index contributed by atoms with van der Waals surface area (Å²) in [5.41, 5.74) is 0.887. The molecule has 0 bridgehead atoms. The second kappa shape index (κ2) is 4.18. The molecule has 0 radical (unpaired) electrons. The van der Waals surface area contributed by atoms with Gasteiger partial charge in [0.25, 0.3) is 0 Å². The zero-order valence-corrected chi connectivity index (χ0v) is 8.64. The van der Waals surface area contributed by atoms with Crippen LogP contribution >= 0.6 is 0 Å². The van der Waals surface area contributed by atoms with Crippen LogP contribution in [0, 0.1) is 6.92 Å². The van der Waals surface area contributed by atoms with Crippen molar-refractivity contribution in [3.63, 3.8) is 0 Å². The Hall–Kier alpha value is -1.76. The first-order chi connectivity index (χ1) is 7.28. The number of nitrogens with one attached hydrogen (secondary N) is 1. The third kappa shape index (κ3) is 2.38. The summed E-state index contributed by atoms with van der Waals surface area (Å²) in [4.78, 5) is 4.08. The molecule has 15 heavy (non-hydrogen) atoms. The van der Waals surface area contributed by atoms with E-state index in [-0.39, 0.29) is 0 Å². The van der Waals surface area contributed by atoms with Crippen molar-refractivity contribution in [2.75, 3.05) is 7.05 Å². The maximum absolute atomic E-state index is 4.86. The normalized spacial score (nSPS) is 10.8. The van der Waals surface area contributed by atoms with Gasteiger partial charge in [-0.1, -0.05) is 10.4 Å². The number of hydrogen-bond donors (Lipinski definition) is 1. The number of hydrogen-bond acceptors (Lipinski definition) is 6. The molecule has 0 aliphatic rings. The van der Waals surface area contributed by atoms with Crippen molar-refractivity contribution >= 4 is 0 Å². The standard InChI is InChI=1S/C8H12N6O/c1-6-10-8(12-15-6)5-14-4-7(3-9-2)11-13-14/h4,9H,3,5H2,1-2H3. The molecule has 2 rings (SSSR count). The highest BCUT2D eigenvalue weighted by Crippen LogP contribution is 1.99. The molecule has 0 saturated heterocycles. The van der Waals surface area contributed by atoms with E-state index in [9.17, 15) is 0 Å². The highest BCUT2D eigenvalue weighted by Gasteiger charge is 2.05. The van der Waals surface area contributed by atoms with Gasteiger partial charge >= 0.3 is 0 Å². The largest absolute Gasteiger partial charge is 0.340 e. The molecule has 0 aliphatic carbocycles. The Morgan fingerprint density at radius 1 is 1.53 bits per heavy atom. The fourth-order valence-corrected chi connectivity index (χ4v) is 1.23. The van der Waals surface area contributed by atoms with Gasteiger partial charge in [-0.05, 0) is 7.05 Å². The molecule has 2 heterocycles. The van der Waals surface area contributed by atoms with Crippen LogP contribution in [0.15, 0.2) is 10.7 Å². The van der Waals surface area contributed by atoms with E-state index in [1.165, 1.54) is 0 Å². The first-order valence-electron chi connectivity index (χ1n) is 4.60. The first kappa shape index (κ1) is 9.78. The fourth-order valence-electron chi connectivity index (χ4n) is 1.23. The van der Waals surface area contributed by atoms with Crippen molar-refractivity contribution in [3.05, 3.63) is 23.6 Å². The van der Waals surface area contributed by atoms with Gasteiger partial charge in [0.2, 0.25) is 5.89 Å². The van der Waals surface area contributed by atoms with Crippen molar-refractivity contribution in [2.24, 2.45) is 0 Å². The van der Waals surface area contributed by atoms with E-state index in [0.29, 0.717) is 24.8 Å². The van der Waals surface area contributed by atoms with Crippen molar-refractivity contribution in [1.82, 2.24) is 30.5 Å². The summed E-state index contributed by atoms with van der Waals surface area (Å²) in [5.74, 6) is 1.16. The van der Waals surface area contributed by atoms with Gasteiger partial charge in [-0.25, -0.2) is 4.68 Å². The molecule has 80 valence electrons. The third-order valence-electron chi connectivity index (χ3n) is 1.82. The molecule has 1 N–H and O–H groups in total. The quantitative estimate of drug-likeness (QED) is 0.745. The summed E-state index contributed by atoms with van der Waals surface area (Å²) in [6.45, 7) is 2.93. The van der Waals surface area contributed by atoms with Crippen molar-refractivity contribution in [3.8, 4) is 0 Å². The van der Waals surface area contributed by atoms with Crippen LogP contribution in [0.25, 0.3) is 0 Å². The Labute approximate surface area is 86.5 Å². The molecular formula is C8H12N6O. The lowest BCUT2D eigenvalue weighted by Gasteiger charge is -1.92. The van der Waals surface area contributed by atoms with Gasteiger partial charge in [0.05, 0.1) is 11.9 Å². The Morgan fingerprint density at radius 3 is 3.07 bits per heavy atom. The first-order valence-corrected chi connectivity index (χ1v) is 4.60. The van der Waals surface area contributed by atoms with Crippen molar-refractivity contribution in [1.29, 1.82) is 0 Å². The van der Waals surface area contributed by atoms with Crippen LogP contribution < -0.4 is 5.32 Å². The summed E-state index contributed by atoms with van der Waals surface area (Å²) in [5, 5.41) is 14.7. The number of aromatic nitrogens is 5. The van der Waals surface area contributed by atoms with Crippen LogP contribution in [-0.2, 0) is 13.1 Å². The van der Waals surface area contributed by atoms with E-state index >= 15 is 0 Å². The topological polar surface area (TPSA) is 81.7 Å². The van der Waals surface area contributed by atoms with Gasteiger partial charge in [-0.3, -0.25) is 0 Å². The predicted octanol–water partition coefficient (Wildman–Crippen LogP) is -0.263. The predicted molar refractivity (Wildman–Crippen MR) is 50.9 cm³/mol. The van der Waals surface area contributed by atoms with E-state index < -0.39 is 0 Å². The fraction of sp³-hybridized carbons (Fsp3) is 0.500. The van der Waals surface area contributed by atoms with Gasteiger partial charge in [-0.2, -0.15) is 4.98 Å². The molecule has 0 aromatic carbocycles. The maximum Gasteiger partial charge on any atom is 0.223 e. The van der Waals surface area contributed by atoms with Crippen LogP contribution in [0.1, 0.15) is 17.4 Å². The van der Waals surface area contributed by atoms with Gasteiger partial charge < -0.3 is 9.84 Å². The average molecular weight is 208 g/mol. The van der Waals surface area contributed by atoms with E-state index in [1.54, 1.807) is 11.6 Å². The summed E-state index contributed by atoms with van der Waals surface area (Å²) >= 11 is 0. The smallest absolute Gasteiger partial charge is 0.223 e. The molecule has 0 atom stereocenters. The molecule has 0 amide bonds. The van der Waals surface area contributed by atoms with Crippen LogP contribution in [0.5, 0.6) is 0 Å². The van der Waals surface area contributed by atoms with Crippen molar-refractivity contribution < 1.29 is 4.52 Å². The zero-order chi connectivity index (χ0) is 10.7. The van der Waals surface area contributed by atoms with Crippen LogP contribution in [0.4, 0.5) is 0 Å². The minimum atomic E-state index is 0.480. The molecule has 7 nitrogen and oxygen atoms in total. The second-order valence-corrected chi connectivity index (χ2v) is 3.17. The Bertz CT molecular complexity index is 434. The zero-order valence-electron chi connectivity index (χ0n) is 8.64. The summed E-state index contributed by atoms with van der Waals surface area (Å²) in [6, 6.07) is 0. The SMILES string of the molecule is CNCc1cn(Cc2noc(C)n2)nn1. The lowest BCUT2D eigenvalue weighted by Crippen LogP contribution is -2.05. The highest BCUT2D eigenvalue weighted by molar-refractivity contribution is 4.93. The van der Waals surface area contributed by atoms with E-state index in [4.69, 9.17) is 4.52 Å². The molecule has 7 heteroatoms. The van der Waals surface area contributed by atoms with E-state index in [2.05, 4.69) is 25.8 Å². The van der Waals surface area contributed by atoms with Crippen LogP contribution in [-0.4, -0.2) is 32.2 Å². The number of nitrogens with zero attached hydrogens (tertiary/aromatic N) is 5. The Kier molecular flexibility index (Phi) is 2.72. The molecule has 0 saturated carbocycles. The van der Waals surface area contributed by atoms with Gasteiger partial charge in [0.15, 0.2) is 5.82 Å². The van der Waals surface area contributed by atoms with Crippen molar-refractivity contribution in [2.45, 2.75) is 20.0 Å². The van der Waals surface area contributed by atoms with Gasteiger partial charge in [0, 0.05) is 13.5 Å². The van der Waals surface area contributed by atoms with Gasteiger partial charge in [-0.15, -0.1) is 5.10 Å². The molecule has 2 aromatic heterocycles. The summed E-state index contributed by atoms with van der Waals surface area (Å²) in [7, 11) is 1.86. The van der Waals surface area contributed by atoms with E-state index in [1.807, 2.05) is 13.2 Å². The molecule has 2 aromatic rings. The third-order valence-corrected chi connectivity index (χ3v) is 1.82. The lowest BCUT2D eigenvalue weighted by atomic mass is 10.5. The average Bonchev–Trinajstić information content (AvgIpc) is 2.78. The lowest BCUT2D eigenvalue weighted by molar-refractivity contribution is 0.385. The van der Waals surface area contributed by atoms with Gasteiger partial charge in [0.1, 0.15) is 6.54 Å². The molecular weight excluding hydrogens is 196 g/mol. The number of aryl methyl sites for hydroxylation is 1. The van der Waals surface area contributed by atoms with Crippen LogP contribution in [0.3, 0.4) is 0 Å². The van der Waals surface area contributed by atoms with Crippen LogP contribution in [0.2, 0.25) is 0 Å². The second-order valence-electron chi connectivity index (χ2n) is 3.17. The van der Waals surface area contributed by atoms with E-state index in [0.717, 1.165) is 5.69 Å². The summed E-state index contributed by atoms with van der Waals surface area (Å²) < 4.78 is 6.53. The molecule has 0 aliphatic heterocycles. The minimum Gasteiger partial charge on any atom is -0.340 e. The molecule has 0 spiro atoms. The Morgan fingerprint density at radius 2 is 2.40 bits per heavy atom. The minimum absolute atomic E-state index is 0.480. The highest BCUT2D eigenvalue weighted by atomic mass is 16.5. The Balaban J connectivity index is 2.04. The number of rotatable bonds is 4. The summed E-state index contributed by atoms with van der Waals surface area (Å²) in [6.07, 6.45) is 1.85. The molecule has 0 unspecified atom stereocenters.